The molecular weight excluding hydrogens is 208 g/mol. The fourth-order valence-electron chi connectivity index (χ4n) is 4.35. The van der Waals surface area contributed by atoms with Gasteiger partial charge < -0.3 is 0 Å². The van der Waals surface area contributed by atoms with Gasteiger partial charge in [-0.3, -0.25) is 9.80 Å². The third kappa shape index (κ3) is 2.39. The summed E-state index contributed by atoms with van der Waals surface area (Å²) in [6, 6.07) is 1.66. The molecule has 0 aromatic heterocycles. The Bertz CT molecular complexity index is 270. The molecule has 0 aromatic carbocycles. The summed E-state index contributed by atoms with van der Waals surface area (Å²) in [5.41, 5.74) is 0.634. The molecule has 3 fully saturated rings. The first-order chi connectivity index (χ1) is 8.16. The van der Waals surface area contributed by atoms with Crippen LogP contribution < -0.4 is 0 Å². The minimum atomic E-state index is 0.634. The van der Waals surface area contributed by atoms with Crippen molar-refractivity contribution >= 4 is 0 Å². The van der Waals surface area contributed by atoms with E-state index in [0.29, 0.717) is 5.41 Å². The fraction of sp³-hybridized carbons (Fsp3) is 1.00. The van der Waals surface area contributed by atoms with Gasteiger partial charge in [0.1, 0.15) is 0 Å². The van der Waals surface area contributed by atoms with Crippen molar-refractivity contribution in [1.82, 2.24) is 9.80 Å². The maximum atomic E-state index is 2.80. The number of hydrogen-bond donors (Lipinski definition) is 0. The summed E-state index contributed by atoms with van der Waals surface area (Å²) >= 11 is 0. The minimum Gasteiger partial charge on any atom is -0.298 e. The third-order valence-corrected chi connectivity index (χ3v) is 5.46. The van der Waals surface area contributed by atoms with Crippen LogP contribution in [0.3, 0.4) is 0 Å². The number of piperazine rings is 1. The van der Waals surface area contributed by atoms with E-state index in [1.807, 2.05) is 0 Å². The number of fused-ring (bicyclic) bond motifs is 1. The van der Waals surface area contributed by atoms with Crippen LogP contribution in [0.4, 0.5) is 0 Å². The predicted molar refractivity (Wildman–Crippen MR) is 72.2 cm³/mol. The summed E-state index contributed by atoms with van der Waals surface area (Å²) in [4.78, 5) is 5.54. The molecule has 1 saturated carbocycles. The summed E-state index contributed by atoms with van der Waals surface area (Å²) in [7, 11) is 0. The lowest BCUT2D eigenvalue weighted by Gasteiger charge is -2.45. The van der Waals surface area contributed by atoms with Crippen LogP contribution in [0.25, 0.3) is 0 Å². The summed E-state index contributed by atoms with van der Waals surface area (Å²) in [5.74, 6) is 0. The normalized spacial score (nSPS) is 38.5. The molecular formula is C15H28N2. The van der Waals surface area contributed by atoms with Gasteiger partial charge in [-0.1, -0.05) is 19.8 Å². The largest absolute Gasteiger partial charge is 0.298 e. The molecule has 0 N–H and O–H groups in total. The molecule has 3 rings (SSSR count). The molecule has 0 spiro atoms. The molecule has 2 aliphatic heterocycles. The Hall–Kier alpha value is -0.0800. The van der Waals surface area contributed by atoms with Crippen molar-refractivity contribution in [3.8, 4) is 0 Å². The van der Waals surface area contributed by atoms with E-state index in [4.69, 9.17) is 0 Å². The van der Waals surface area contributed by atoms with Crippen molar-refractivity contribution in [1.29, 1.82) is 0 Å². The molecule has 0 radical (unpaired) electrons. The number of hydrogen-bond acceptors (Lipinski definition) is 2. The number of rotatable bonds is 2. The fourth-order valence-corrected chi connectivity index (χ4v) is 4.35. The Balaban J connectivity index is 1.62. The molecule has 0 amide bonds. The lowest BCUT2D eigenvalue weighted by atomic mass is 9.87. The van der Waals surface area contributed by atoms with Crippen LogP contribution in [0.2, 0.25) is 0 Å². The quantitative estimate of drug-likeness (QED) is 0.727. The average molecular weight is 236 g/mol. The zero-order valence-electron chi connectivity index (χ0n) is 11.6. The Labute approximate surface area is 106 Å². The van der Waals surface area contributed by atoms with Gasteiger partial charge in [0.25, 0.3) is 0 Å². The van der Waals surface area contributed by atoms with Crippen LogP contribution in [0.5, 0.6) is 0 Å². The van der Waals surface area contributed by atoms with Gasteiger partial charge in [0.05, 0.1) is 0 Å². The van der Waals surface area contributed by atoms with E-state index in [9.17, 15) is 0 Å². The topological polar surface area (TPSA) is 6.48 Å². The van der Waals surface area contributed by atoms with Crippen molar-refractivity contribution in [2.45, 2.75) is 64.5 Å². The van der Waals surface area contributed by atoms with Crippen LogP contribution in [0.15, 0.2) is 0 Å². The van der Waals surface area contributed by atoms with E-state index in [1.54, 1.807) is 0 Å². The highest BCUT2D eigenvalue weighted by Gasteiger charge is 2.38. The van der Waals surface area contributed by atoms with E-state index in [-0.39, 0.29) is 0 Å². The molecule has 2 nitrogen and oxygen atoms in total. The van der Waals surface area contributed by atoms with Gasteiger partial charge in [0, 0.05) is 31.7 Å². The van der Waals surface area contributed by atoms with Crippen molar-refractivity contribution in [3.63, 3.8) is 0 Å². The summed E-state index contributed by atoms with van der Waals surface area (Å²) < 4.78 is 0. The van der Waals surface area contributed by atoms with Crippen molar-refractivity contribution < 1.29 is 0 Å². The monoisotopic (exact) mass is 236 g/mol. The molecule has 0 aromatic rings. The van der Waals surface area contributed by atoms with Crippen molar-refractivity contribution in [2.24, 2.45) is 5.41 Å². The highest BCUT2D eigenvalue weighted by atomic mass is 15.3. The zero-order chi connectivity index (χ0) is 11.9. The Morgan fingerprint density at radius 3 is 2.65 bits per heavy atom. The van der Waals surface area contributed by atoms with Crippen molar-refractivity contribution in [2.75, 3.05) is 26.2 Å². The van der Waals surface area contributed by atoms with E-state index in [0.717, 1.165) is 12.1 Å². The molecule has 98 valence electrons. The second-order valence-electron chi connectivity index (χ2n) is 7.09. The zero-order valence-corrected chi connectivity index (χ0v) is 11.6. The minimum absolute atomic E-state index is 0.634. The molecule has 3 aliphatic rings. The van der Waals surface area contributed by atoms with E-state index in [1.165, 1.54) is 64.7 Å². The maximum Gasteiger partial charge on any atom is 0.0224 e. The lowest BCUT2D eigenvalue weighted by Crippen LogP contribution is -2.56. The van der Waals surface area contributed by atoms with Crippen LogP contribution in [0.1, 0.15) is 52.4 Å². The smallest absolute Gasteiger partial charge is 0.0224 e. The molecule has 2 atom stereocenters. The molecule has 0 bridgehead atoms. The molecule has 2 heteroatoms. The third-order valence-electron chi connectivity index (χ3n) is 5.46. The standard InChI is InChI=1S/C15H28N2/c1-13-10-16-9-5-6-14(16)11-17(13)12-15(2)7-3-4-8-15/h13-14H,3-12H2,1-2H3. The van der Waals surface area contributed by atoms with Gasteiger partial charge in [-0.25, -0.2) is 0 Å². The number of nitrogens with zero attached hydrogens (tertiary/aromatic N) is 2. The molecule has 17 heavy (non-hydrogen) atoms. The lowest BCUT2D eigenvalue weighted by molar-refractivity contribution is 0.0310. The molecule has 1 aliphatic carbocycles. The van der Waals surface area contributed by atoms with Gasteiger partial charge in [-0.2, -0.15) is 0 Å². The van der Waals surface area contributed by atoms with Crippen LogP contribution >= 0.6 is 0 Å². The van der Waals surface area contributed by atoms with Gasteiger partial charge >= 0.3 is 0 Å². The SMILES string of the molecule is CC1CN2CCCC2CN1CC1(C)CCCC1. The van der Waals surface area contributed by atoms with Gasteiger partial charge in [-0.05, 0) is 44.6 Å². The summed E-state index contributed by atoms with van der Waals surface area (Å²) in [5, 5.41) is 0. The van der Waals surface area contributed by atoms with E-state index >= 15 is 0 Å². The molecule has 2 unspecified atom stereocenters. The van der Waals surface area contributed by atoms with E-state index in [2.05, 4.69) is 23.6 Å². The van der Waals surface area contributed by atoms with Gasteiger partial charge in [-0.15, -0.1) is 0 Å². The Kier molecular flexibility index (Phi) is 3.20. The first-order valence-electron chi connectivity index (χ1n) is 7.64. The Morgan fingerprint density at radius 2 is 1.88 bits per heavy atom. The van der Waals surface area contributed by atoms with E-state index < -0.39 is 0 Å². The van der Waals surface area contributed by atoms with Crippen LogP contribution in [-0.4, -0.2) is 48.1 Å². The second kappa shape index (κ2) is 4.55. The highest BCUT2D eigenvalue weighted by molar-refractivity contribution is 4.93. The molecule has 2 saturated heterocycles. The maximum absolute atomic E-state index is 2.80. The highest BCUT2D eigenvalue weighted by Crippen LogP contribution is 2.39. The van der Waals surface area contributed by atoms with Crippen LogP contribution in [0, 0.1) is 5.41 Å². The summed E-state index contributed by atoms with van der Waals surface area (Å²) in [6.07, 6.45) is 8.74. The van der Waals surface area contributed by atoms with Crippen LogP contribution in [-0.2, 0) is 0 Å². The van der Waals surface area contributed by atoms with Crippen molar-refractivity contribution in [3.05, 3.63) is 0 Å². The predicted octanol–water partition coefficient (Wildman–Crippen LogP) is 2.74. The first kappa shape index (κ1) is 12.0. The molecule has 2 heterocycles. The van der Waals surface area contributed by atoms with Gasteiger partial charge in [0.2, 0.25) is 0 Å². The summed E-state index contributed by atoms with van der Waals surface area (Å²) in [6.45, 7) is 10.3. The second-order valence-corrected chi connectivity index (χ2v) is 7.09. The first-order valence-corrected chi connectivity index (χ1v) is 7.64. The Morgan fingerprint density at radius 1 is 1.12 bits per heavy atom. The average Bonchev–Trinajstić information content (AvgIpc) is 2.88. The van der Waals surface area contributed by atoms with Gasteiger partial charge in [0.15, 0.2) is 0 Å².